The van der Waals surface area contributed by atoms with Gasteiger partial charge in [0.15, 0.2) is 0 Å². The molecule has 2 atom stereocenters. The van der Waals surface area contributed by atoms with E-state index in [-0.39, 0.29) is 17.2 Å². The molecule has 0 radical (unpaired) electrons. The quantitative estimate of drug-likeness (QED) is 0.778. The van der Waals surface area contributed by atoms with E-state index >= 15 is 0 Å². The standard InChI is InChI=1S/C16H24ClNOS/c1-3-11(4-2)14(17)10-18-16(19)13-6-5-7-15-12(13)8-9-20-15/h8-9,11,13-14H,3-7,10H2,1-2H3,(H,18,19). The summed E-state index contributed by atoms with van der Waals surface area (Å²) < 4.78 is 0. The molecule has 4 heteroatoms. The van der Waals surface area contributed by atoms with Crippen molar-refractivity contribution in [3.63, 3.8) is 0 Å². The van der Waals surface area contributed by atoms with Crippen LogP contribution >= 0.6 is 22.9 Å². The number of nitrogens with one attached hydrogen (secondary N) is 1. The molecule has 20 heavy (non-hydrogen) atoms. The molecule has 1 aliphatic rings. The molecular weight excluding hydrogens is 290 g/mol. The third kappa shape index (κ3) is 3.56. The number of amides is 1. The molecule has 1 aliphatic carbocycles. The molecule has 0 bridgehead atoms. The summed E-state index contributed by atoms with van der Waals surface area (Å²) >= 11 is 8.17. The van der Waals surface area contributed by atoms with Gasteiger partial charge in [0.05, 0.1) is 11.3 Å². The largest absolute Gasteiger partial charge is 0.354 e. The van der Waals surface area contributed by atoms with E-state index in [1.54, 1.807) is 11.3 Å². The van der Waals surface area contributed by atoms with Crippen molar-refractivity contribution in [3.8, 4) is 0 Å². The Morgan fingerprint density at radius 1 is 1.50 bits per heavy atom. The Balaban J connectivity index is 1.90. The molecule has 0 aliphatic heterocycles. The van der Waals surface area contributed by atoms with Crippen molar-refractivity contribution >= 4 is 28.8 Å². The number of hydrogen-bond donors (Lipinski definition) is 1. The van der Waals surface area contributed by atoms with Crippen LogP contribution in [0.4, 0.5) is 0 Å². The zero-order valence-corrected chi connectivity index (χ0v) is 13.9. The van der Waals surface area contributed by atoms with Gasteiger partial charge in [0.25, 0.3) is 0 Å². The number of rotatable bonds is 6. The number of carbonyl (C=O) groups is 1. The topological polar surface area (TPSA) is 29.1 Å². The maximum Gasteiger partial charge on any atom is 0.227 e. The Morgan fingerprint density at radius 3 is 2.95 bits per heavy atom. The van der Waals surface area contributed by atoms with E-state index in [0.717, 1.165) is 32.1 Å². The summed E-state index contributed by atoms with van der Waals surface area (Å²) in [5.74, 6) is 0.677. The summed E-state index contributed by atoms with van der Waals surface area (Å²) in [6, 6.07) is 2.11. The van der Waals surface area contributed by atoms with Gasteiger partial charge in [-0.1, -0.05) is 26.7 Å². The van der Waals surface area contributed by atoms with Crippen LogP contribution in [0.2, 0.25) is 0 Å². The molecule has 1 amide bonds. The van der Waals surface area contributed by atoms with E-state index in [4.69, 9.17) is 11.6 Å². The van der Waals surface area contributed by atoms with Crippen LogP contribution < -0.4 is 5.32 Å². The van der Waals surface area contributed by atoms with Gasteiger partial charge in [-0.3, -0.25) is 4.79 Å². The van der Waals surface area contributed by atoms with Crippen molar-refractivity contribution in [2.75, 3.05) is 6.54 Å². The third-order valence-corrected chi connectivity index (χ3v) is 5.91. The lowest BCUT2D eigenvalue weighted by molar-refractivity contribution is -0.122. The number of carbonyl (C=O) groups excluding carboxylic acids is 1. The highest BCUT2D eigenvalue weighted by Crippen LogP contribution is 2.35. The minimum absolute atomic E-state index is 0.0376. The monoisotopic (exact) mass is 313 g/mol. The highest BCUT2D eigenvalue weighted by molar-refractivity contribution is 7.10. The van der Waals surface area contributed by atoms with Gasteiger partial charge in [0.1, 0.15) is 0 Å². The van der Waals surface area contributed by atoms with Crippen LogP contribution in [-0.4, -0.2) is 17.8 Å². The number of halogens is 1. The molecule has 1 heterocycles. The highest BCUT2D eigenvalue weighted by Gasteiger charge is 2.27. The van der Waals surface area contributed by atoms with Crippen molar-refractivity contribution in [2.24, 2.45) is 5.92 Å². The normalized spacial score (nSPS) is 19.7. The first kappa shape index (κ1) is 15.8. The minimum Gasteiger partial charge on any atom is -0.354 e. The SMILES string of the molecule is CCC(CC)C(Cl)CNC(=O)C1CCCc2sccc21. The Kier molecular flexibility index (Phi) is 5.91. The summed E-state index contributed by atoms with van der Waals surface area (Å²) in [6.07, 6.45) is 5.34. The first-order valence-electron chi connectivity index (χ1n) is 7.65. The fourth-order valence-corrected chi connectivity index (χ4v) is 4.47. The fraction of sp³-hybridized carbons (Fsp3) is 0.688. The van der Waals surface area contributed by atoms with E-state index in [0.29, 0.717) is 12.5 Å². The number of aryl methyl sites for hydroxylation is 1. The van der Waals surface area contributed by atoms with Crippen molar-refractivity contribution in [2.45, 2.75) is 57.2 Å². The molecule has 0 aromatic carbocycles. The summed E-state index contributed by atoms with van der Waals surface area (Å²) in [4.78, 5) is 13.8. The molecule has 112 valence electrons. The summed E-state index contributed by atoms with van der Waals surface area (Å²) in [6.45, 7) is 4.90. The van der Waals surface area contributed by atoms with E-state index in [9.17, 15) is 4.79 Å². The van der Waals surface area contributed by atoms with Gasteiger partial charge in [0, 0.05) is 11.4 Å². The molecule has 1 aromatic heterocycles. The molecule has 0 fully saturated rings. The molecule has 0 spiro atoms. The van der Waals surface area contributed by atoms with Crippen LogP contribution in [0.15, 0.2) is 11.4 Å². The Morgan fingerprint density at radius 2 is 2.25 bits per heavy atom. The van der Waals surface area contributed by atoms with Crippen LogP contribution in [0, 0.1) is 5.92 Å². The number of thiophene rings is 1. The van der Waals surface area contributed by atoms with E-state index in [2.05, 4.69) is 30.6 Å². The predicted octanol–water partition coefficient (Wildman–Crippen LogP) is 4.33. The maximum atomic E-state index is 12.4. The van der Waals surface area contributed by atoms with Crippen molar-refractivity contribution < 1.29 is 4.79 Å². The van der Waals surface area contributed by atoms with Gasteiger partial charge in [-0.2, -0.15) is 0 Å². The molecule has 2 nitrogen and oxygen atoms in total. The first-order valence-corrected chi connectivity index (χ1v) is 8.97. The minimum atomic E-state index is 0.0376. The third-order valence-electron chi connectivity index (χ3n) is 4.40. The molecule has 0 saturated carbocycles. The van der Waals surface area contributed by atoms with Gasteiger partial charge in [-0.15, -0.1) is 22.9 Å². The lowest BCUT2D eigenvalue weighted by atomic mass is 9.87. The van der Waals surface area contributed by atoms with Crippen molar-refractivity contribution in [3.05, 3.63) is 21.9 Å². The Bertz CT molecular complexity index is 441. The lowest BCUT2D eigenvalue weighted by Crippen LogP contribution is -2.37. The van der Waals surface area contributed by atoms with Crippen LogP contribution in [0.3, 0.4) is 0 Å². The number of fused-ring (bicyclic) bond motifs is 1. The smallest absolute Gasteiger partial charge is 0.227 e. The molecule has 0 saturated heterocycles. The van der Waals surface area contributed by atoms with Crippen molar-refractivity contribution in [1.82, 2.24) is 5.32 Å². The van der Waals surface area contributed by atoms with Gasteiger partial charge >= 0.3 is 0 Å². The van der Waals surface area contributed by atoms with Crippen LogP contribution in [0.25, 0.3) is 0 Å². The second kappa shape index (κ2) is 7.46. The fourth-order valence-electron chi connectivity index (χ4n) is 3.05. The first-order chi connectivity index (χ1) is 9.67. The zero-order chi connectivity index (χ0) is 14.5. The van der Waals surface area contributed by atoms with E-state index in [1.807, 2.05) is 0 Å². The number of hydrogen-bond acceptors (Lipinski definition) is 2. The van der Waals surface area contributed by atoms with Gasteiger partial charge in [-0.05, 0) is 42.2 Å². The van der Waals surface area contributed by atoms with Crippen LogP contribution in [0.5, 0.6) is 0 Å². The second-order valence-corrected chi connectivity index (χ2v) is 7.14. The molecular formula is C16H24ClNOS. The molecule has 2 unspecified atom stereocenters. The Labute approximate surface area is 130 Å². The predicted molar refractivity (Wildman–Crippen MR) is 86.7 cm³/mol. The average molecular weight is 314 g/mol. The average Bonchev–Trinajstić information content (AvgIpc) is 2.94. The summed E-state index contributed by atoms with van der Waals surface area (Å²) in [5, 5.41) is 5.21. The Hall–Kier alpha value is -0.540. The maximum absolute atomic E-state index is 12.4. The van der Waals surface area contributed by atoms with E-state index in [1.165, 1.54) is 10.4 Å². The van der Waals surface area contributed by atoms with Crippen LogP contribution in [-0.2, 0) is 11.2 Å². The summed E-state index contributed by atoms with van der Waals surface area (Å²) in [7, 11) is 0. The van der Waals surface area contributed by atoms with E-state index < -0.39 is 0 Å². The molecule has 1 aromatic rings. The number of alkyl halides is 1. The van der Waals surface area contributed by atoms with Crippen LogP contribution in [0.1, 0.15) is 55.9 Å². The van der Waals surface area contributed by atoms with Crippen molar-refractivity contribution in [1.29, 1.82) is 0 Å². The van der Waals surface area contributed by atoms with Gasteiger partial charge in [0.2, 0.25) is 5.91 Å². The molecule has 1 N–H and O–H groups in total. The lowest BCUT2D eigenvalue weighted by Gasteiger charge is -2.24. The highest BCUT2D eigenvalue weighted by atomic mass is 35.5. The van der Waals surface area contributed by atoms with Gasteiger partial charge in [-0.25, -0.2) is 0 Å². The second-order valence-electron chi connectivity index (χ2n) is 5.58. The molecule has 2 rings (SSSR count). The summed E-state index contributed by atoms with van der Waals surface area (Å²) in [5.41, 5.74) is 1.24. The zero-order valence-electron chi connectivity index (χ0n) is 12.3. The van der Waals surface area contributed by atoms with Gasteiger partial charge < -0.3 is 5.32 Å².